The second kappa shape index (κ2) is 9.17. The van der Waals surface area contributed by atoms with Gasteiger partial charge in [-0.2, -0.15) is 5.10 Å². The number of amides is 3. The van der Waals surface area contributed by atoms with E-state index in [1.165, 1.54) is 6.33 Å². The van der Waals surface area contributed by atoms with E-state index >= 15 is 0 Å². The van der Waals surface area contributed by atoms with Gasteiger partial charge in [0, 0.05) is 18.8 Å². The largest absolute Gasteiger partial charge is 0.399 e. The van der Waals surface area contributed by atoms with E-state index in [1.54, 1.807) is 23.1 Å². The van der Waals surface area contributed by atoms with Gasteiger partial charge >= 0.3 is 6.03 Å². The SMILES string of the molecule is Nc1ccc(CNC(=O)NCC(=O)NCc2cccc(-n3cncn3)c2)cc1. The number of urea groups is 1. The van der Waals surface area contributed by atoms with E-state index in [1.807, 2.05) is 36.4 Å². The first kappa shape index (κ1) is 18.9. The number of rotatable bonds is 7. The Bertz CT molecular complexity index is 924. The number of aromatic nitrogens is 3. The molecule has 3 aromatic rings. The average molecular weight is 379 g/mol. The van der Waals surface area contributed by atoms with Crippen LogP contribution in [0.4, 0.5) is 10.5 Å². The van der Waals surface area contributed by atoms with E-state index in [9.17, 15) is 9.59 Å². The third kappa shape index (κ3) is 5.56. The van der Waals surface area contributed by atoms with Gasteiger partial charge in [0.1, 0.15) is 12.7 Å². The molecule has 5 N–H and O–H groups in total. The lowest BCUT2D eigenvalue weighted by atomic mass is 10.2. The lowest BCUT2D eigenvalue weighted by Gasteiger charge is -2.09. The zero-order chi connectivity index (χ0) is 19.8. The Kier molecular flexibility index (Phi) is 6.19. The molecule has 3 rings (SSSR count). The van der Waals surface area contributed by atoms with Crippen molar-refractivity contribution in [3.8, 4) is 5.69 Å². The van der Waals surface area contributed by atoms with Crippen LogP contribution in [0, 0.1) is 0 Å². The second-order valence-corrected chi connectivity index (χ2v) is 6.06. The van der Waals surface area contributed by atoms with Gasteiger partial charge in [0.25, 0.3) is 0 Å². The summed E-state index contributed by atoms with van der Waals surface area (Å²) in [6, 6.07) is 14.3. The van der Waals surface area contributed by atoms with Crippen molar-refractivity contribution in [3.63, 3.8) is 0 Å². The van der Waals surface area contributed by atoms with Crippen LogP contribution in [0.5, 0.6) is 0 Å². The van der Waals surface area contributed by atoms with Crippen LogP contribution < -0.4 is 21.7 Å². The number of benzene rings is 2. The fourth-order valence-electron chi connectivity index (χ4n) is 2.45. The van der Waals surface area contributed by atoms with Gasteiger partial charge in [0.2, 0.25) is 5.91 Å². The minimum absolute atomic E-state index is 0.115. The number of hydrogen-bond acceptors (Lipinski definition) is 5. The van der Waals surface area contributed by atoms with Crippen LogP contribution in [0.3, 0.4) is 0 Å². The minimum Gasteiger partial charge on any atom is -0.399 e. The summed E-state index contributed by atoms with van der Waals surface area (Å²) in [5.41, 5.74) is 8.96. The summed E-state index contributed by atoms with van der Waals surface area (Å²) in [7, 11) is 0. The number of nitrogens with one attached hydrogen (secondary N) is 3. The van der Waals surface area contributed by atoms with Gasteiger partial charge in [-0.05, 0) is 35.4 Å². The molecule has 28 heavy (non-hydrogen) atoms. The molecule has 0 aliphatic rings. The lowest BCUT2D eigenvalue weighted by Crippen LogP contribution is -2.41. The molecule has 0 radical (unpaired) electrons. The molecule has 1 heterocycles. The molecule has 0 atom stereocenters. The molecule has 0 saturated heterocycles. The molecule has 0 saturated carbocycles. The van der Waals surface area contributed by atoms with E-state index in [4.69, 9.17) is 5.73 Å². The van der Waals surface area contributed by atoms with Crippen LogP contribution in [-0.2, 0) is 17.9 Å². The third-order valence-corrected chi connectivity index (χ3v) is 3.93. The number of nitrogen functional groups attached to an aromatic ring is 1. The molecular formula is C19H21N7O2. The van der Waals surface area contributed by atoms with Crippen molar-refractivity contribution in [2.75, 3.05) is 12.3 Å². The summed E-state index contributed by atoms with van der Waals surface area (Å²) in [6.45, 7) is 0.579. The average Bonchev–Trinajstić information content (AvgIpc) is 3.25. The number of carbonyl (C=O) groups excluding carboxylic acids is 2. The van der Waals surface area contributed by atoms with Crippen LogP contribution >= 0.6 is 0 Å². The molecule has 0 unspecified atom stereocenters. The van der Waals surface area contributed by atoms with Crippen LogP contribution in [0.25, 0.3) is 5.69 Å². The van der Waals surface area contributed by atoms with Crippen molar-refractivity contribution in [2.24, 2.45) is 0 Å². The molecule has 3 amide bonds. The highest BCUT2D eigenvalue weighted by atomic mass is 16.2. The summed E-state index contributed by atoms with van der Waals surface area (Å²) in [6.07, 6.45) is 3.06. The van der Waals surface area contributed by atoms with Gasteiger partial charge in [0.05, 0.1) is 12.2 Å². The molecule has 0 spiro atoms. The quantitative estimate of drug-likeness (QED) is 0.455. The highest BCUT2D eigenvalue weighted by Gasteiger charge is 2.06. The summed E-state index contributed by atoms with van der Waals surface area (Å²) in [4.78, 5) is 27.7. The lowest BCUT2D eigenvalue weighted by molar-refractivity contribution is -0.120. The molecule has 9 heteroatoms. The summed E-state index contributed by atoms with van der Waals surface area (Å²) in [5, 5.41) is 12.0. The zero-order valence-electron chi connectivity index (χ0n) is 15.1. The topological polar surface area (TPSA) is 127 Å². The number of nitrogens with two attached hydrogens (primary N) is 1. The Morgan fingerprint density at radius 1 is 0.964 bits per heavy atom. The maximum absolute atomic E-state index is 12.0. The Labute approximate surface area is 162 Å². The molecule has 144 valence electrons. The van der Waals surface area contributed by atoms with E-state index in [0.717, 1.165) is 16.8 Å². The maximum atomic E-state index is 12.0. The van der Waals surface area contributed by atoms with E-state index < -0.39 is 6.03 Å². The number of anilines is 1. The van der Waals surface area contributed by atoms with Gasteiger partial charge in [-0.3, -0.25) is 4.79 Å². The number of nitrogens with zero attached hydrogens (tertiary/aromatic N) is 3. The first-order valence-corrected chi connectivity index (χ1v) is 8.67. The maximum Gasteiger partial charge on any atom is 0.315 e. The van der Waals surface area contributed by atoms with Crippen LogP contribution in [0.1, 0.15) is 11.1 Å². The van der Waals surface area contributed by atoms with Crippen LogP contribution in [0.2, 0.25) is 0 Å². The first-order chi connectivity index (χ1) is 13.6. The van der Waals surface area contributed by atoms with Gasteiger partial charge in [0.15, 0.2) is 0 Å². The molecular weight excluding hydrogens is 358 g/mol. The molecule has 0 aliphatic heterocycles. The molecule has 9 nitrogen and oxygen atoms in total. The van der Waals surface area contributed by atoms with Crippen molar-refractivity contribution in [2.45, 2.75) is 13.1 Å². The molecule has 0 bridgehead atoms. The van der Waals surface area contributed by atoms with Gasteiger partial charge < -0.3 is 21.7 Å². The van der Waals surface area contributed by atoms with Gasteiger partial charge in [-0.25, -0.2) is 14.5 Å². The molecule has 2 aromatic carbocycles. The van der Waals surface area contributed by atoms with Crippen molar-refractivity contribution < 1.29 is 9.59 Å². The van der Waals surface area contributed by atoms with Crippen molar-refractivity contribution in [1.82, 2.24) is 30.7 Å². The van der Waals surface area contributed by atoms with Gasteiger partial charge in [-0.1, -0.05) is 24.3 Å². The van der Waals surface area contributed by atoms with Crippen molar-refractivity contribution >= 4 is 17.6 Å². The minimum atomic E-state index is -0.417. The Morgan fingerprint density at radius 2 is 1.75 bits per heavy atom. The van der Waals surface area contributed by atoms with Crippen molar-refractivity contribution in [3.05, 3.63) is 72.3 Å². The van der Waals surface area contributed by atoms with E-state index in [-0.39, 0.29) is 12.5 Å². The molecule has 0 aliphatic carbocycles. The van der Waals surface area contributed by atoms with E-state index in [0.29, 0.717) is 18.8 Å². The van der Waals surface area contributed by atoms with Crippen LogP contribution in [0.15, 0.2) is 61.2 Å². The number of carbonyl (C=O) groups is 2. The Hall–Kier alpha value is -3.88. The Morgan fingerprint density at radius 3 is 2.50 bits per heavy atom. The first-order valence-electron chi connectivity index (χ1n) is 8.67. The highest BCUT2D eigenvalue weighted by Crippen LogP contribution is 2.08. The van der Waals surface area contributed by atoms with Gasteiger partial charge in [-0.15, -0.1) is 0 Å². The zero-order valence-corrected chi connectivity index (χ0v) is 15.1. The molecule has 0 fully saturated rings. The van der Waals surface area contributed by atoms with E-state index in [2.05, 4.69) is 26.0 Å². The third-order valence-electron chi connectivity index (χ3n) is 3.93. The number of hydrogen-bond donors (Lipinski definition) is 4. The standard InChI is InChI=1S/C19H21N7O2/c20-16-6-4-14(5-7-16)9-23-19(28)24-11-18(27)22-10-15-2-1-3-17(8-15)26-13-21-12-25-26/h1-8,12-13H,9-11,20H2,(H,22,27)(H2,23,24,28). The normalized spacial score (nSPS) is 10.3. The Balaban J connectivity index is 1.39. The highest BCUT2D eigenvalue weighted by molar-refractivity contribution is 5.83. The second-order valence-electron chi connectivity index (χ2n) is 6.06. The predicted molar refractivity (Wildman–Crippen MR) is 104 cm³/mol. The molecule has 1 aromatic heterocycles. The summed E-state index contributed by atoms with van der Waals surface area (Å²) in [5.74, 6) is -0.284. The summed E-state index contributed by atoms with van der Waals surface area (Å²) >= 11 is 0. The fourth-order valence-corrected chi connectivity index (χ4v) is 2.45. The fraction of sp³-hybridized carbons (Fsp3) is 0.158. The summed E-state index contributed by atoms with van der Waals surface area (Å²) < 4.78 is 1.64. The van der Waals surface area contributed by atoms with Crippen LogP contribution in [-0.4, -0.2) is 33.2 Å². The smallest absolute Gasteiger partial charge is 0.315 e. The monoisotopic (exact) mass is 379 g/mol. The van der Waals surface area contributed by atoms with Crippen molar-refractivity contribution in [1.29, 1.82) is 0 Å². The predicted octanol–water partition coefficient (Wildman–Crippen LogP) is 0.965.